The van der Waals surface area contributed by atoms with Gasteiger partial charge in [0.1, 0.15) is 5.75 Å². The number of halogens is 5. The summed E-state index contributed by atoms with van der Waals surface area (Å²) >= 11 is 0. The van der Waals surface area contributed by atoms with E-state index >= 15 is 0 Å². The summed E-state index contributed by atoms with van der Waals surface area (Å²) in [6.45, 7) is 4.50. The van der Waals surface area contributed by atoms with Gasteiger partial charge in [0.15, 0.2) is 6.04 Å². The van der Waals surface area contributed by atoms with Crippen LogP contribution in [0.1, 0.15) is 50.5 Å². The molecular weight excluding hydrogens is 527 g/mol. The minimum Gasteiger partial charge on any atom is -0.494 e. The Bertz CT molecular complexity index is 1280. The van der Waals surface area contributed by atoms with Crippen LogP contribution in [0.25, 0.3) is 16.9 Å². The number of nitrogens with zero attached hydrogens (tertiary/aromatic N) is 5. The molecule has 0 fully saturated rings. The van der Waals surface area contributed by atoms with Gasteiger partial charge in [0.2, 0.25) is 12.1 Å². The van der Waals surface area contributed by atoms with Crippen molar-refractivity contribution in [3.63, 3.8) is 0 Å². The maximum atomic E-state index is 14.5. The monoisotopic (exact) mass is 558 g/mol. The van der Waals surface area contributed by atoms with Gasteiger partial charge in [0.05, 0.1) is 37.5 Å². The summed E-state index contributed by atoms with van der Waals surface area (Å²) < 4.78 is 81.1. The predicted octanol–water partition coefficient (Wildman–Crippen LogP) is 5.58. The van der Waals surface area contributed by atoms with Crippen LogP contribution in [0.4, 0.5) is 26.7 Å². The van der Waals surface area contributed by atoms with Gasteiger partial charge >= 0.3 is 12.2 Å². The first kappa shape index (κ1) is 29.8. The molecule has 9 nitrogen and oxygen atoms in total. The number of amides is 2. The van der Waals surface area contributed by atoms with Crippen molar-refractivity contribution in [3.8, 4) is 22.9 Å². The number of rotatable bonds is 11. The number of methoxy groups -OCH3 is 2. The predicted molar refractivity (Wildman–Crippen MR) is 133 cm³/mol. The van der Waals surface area contributed by atoms with E-state index in [-0.39, 0.29) is 42.3 Å². The largest absolute Gasteiger partial charge is 0.494 e. The van der Waals surface area contributed by atoms with Gasteiger partial charge in [-0.25, -0.2) is 23.5 Å². The van der Waals surface area contributed by atoms with Crippen molar-refractivity contribution >= 4 is 11.7 Å². The Balaban J connectivity index is 2.07. The van der Waals surface area contributed by atoms with Crippen molar-refractivity contribution < 1.29 is 36.2 Å². The fourth-order valence-electron chi connectivity index (χ4n) is 4.24. The lowest BCUT2D eigenvalue weighted by atomic mass is 10.1. The molecule has 214 valence electrons. The van der Waals surface area contributed by atoms with Gasteiger partial charge in [0.25, 0.3) is 5.88 Å². The number of carbonyl (C=O) groups is 1. The second-order valence-electron chi connectivity index (χ2n) is 8.81. The highest BCUT2D eigenvalue weighted by molar-refractivity contribution is 5.75. The quantitative estimate of drug-likeness (QED) is 0.309. The maximum absolute atomic E-state index is 14.5. The van der Waals surface area contributed by atoms with Gasteiger partial charge in [-0.1, -0.05) is 6.92 Å². The minimum atomic E-state index is -4.91. The third kappa shape index (κ3) is 6.84. The van der Waals surface area contributed by atoms with E-state index in [2.05, 4.69) is 20.3 Å². The van der Waals surface area contributed by atoms with Crippen LogP contribution in [0.2, 0.25) is 0 Å². The number of ether oxygens (including phenoxy) is 2. The lowest BCUT2D eigenvalue weighted by Gasteiger charge is -2.33. The minimum absolute atomic E-state index is 0.0667. The molecule has 3 aromatic heterocycles. The molecule has 3 aromatic rings. The molecule has 2 amide bonds. The number of nitrogens with one attached hydrogen (secondary N) is 1. The lowest BCUT2D eigenvalue weighted by molar-refractivity contribution is -0.179. The first-order valence-electron chi connectivity index (χ1n) is 12.3. The Morgan fingerprint density at radius 1 is 1.13 bits per heavy atom. The van der Waals surface area contributed by atoms with Crippen molar-refractivity contribution in [1.82, 2.24) is 29.6 Å². The number of aromatic nitrogens is 4. The molecule has 0 bridgehead atoms. The molecule has 3 rings (SSSR count). The summed E-state index contributed by atoms with van der Waals surface area (Å²) in [4.78, 5) is 26.3. The molecule has 0 aliphatic heterocycles. The van der Waals surface area contributed by atoms with Crippen LogP contribution in [0, 0.1) is 6.92 Å². The van der Waals surface area contributed by atoms with Crippen molar-refractivity contribution in [1.29, 1.82) is 0 Å². The molecule has 0 aromatic carbocycles. The number of carbonyl (C=O) groups excluding carboxylic acids is 1. The number of hydrogen-bond acceptors (Lipinski definition) is 6. The second kappa shape index (κ2) is 12.4. The van der Waals surface area contributed by atoms with Gasteiger partial charge in [-0.15, -0.1) is 0 Å². The number of pyridine rings is 1. The van der Waals surface area contributed by atoms with E-state index in [1.54, 1.807) is 30.6 Å². The third-order valence-corrected chi connectivity index (χ3v) is 6.16. The molecule has 0 aliphatic carbocycles. The van der Waals surface area contributed by atoms with Crippen molar-refractivity contribution in [2.75, 3.05) is 20.8 Å². The van der Waals surface area contributed by atoms with Crippen molar-refractivity contribution in [2.24, 2.45) is 0 Å². The number of aryl methyl sites for hydroxylation is 1. The standard InChI is InChI=1S/C25H31F5N6O3/c1-6-15(8-9-20(26)27)33-24(37)36(7-2)21(25(28,29)30)17-10-16(19(38-4)11-31-17)18-13-35-12-14(3)32-22(35)23(34-18)39-5/h10-13,15,20-21H,6-9H2,1-5H3,(H,33,37)/t15-,21+/m1/s1. The van der Waals surface area contributed by atoms with Crippen LogP contribution in [0.3, 0.4) is 0 Å². The zero-order valence-electron chi connectivity index (χ0n) is 22.2. The molecule has 0 unspecified atom stereocenters. The van der Waals surface area contributed by atoms with Crippen molar-refractivity contribution in [2.45, 2.75) is 64.7 Å². The number of fused-ring (bicyclic) bond motifs is 1. The maximum Gasteiger partial charge on any atom is 0.414 e. The summed E-state index contributed by atoms with van der Waals surface area (Å²) in [6, 6.07) is -3.01. The van der Waals surface area contributed by atoms with Crippen LogP contribution in [-0.2, 0) is 0 Å². The molecule has 0 spiro atoms. The highest BCUT2D eigenvalue weighted by atomic mass is 19.4. The fourth-order valence-corrected chi connectivity index (χ4v) is 4.24. The van der Waals surface area contributed by atoms with Crippen LogP contribution in [-0.4, -0.2) is 69.7 Å². The second-order valence-corrected chi connectivity index (χ2v) is 8.81. The van der Waals surface area contributed by atoms with E-state index in [4.69, 9.17) is 9.47 Å². The molecule has 0 aliphatic rings. The van der Waals surface area contributed by atoms with Gasteiger partial charge in [-0.2, -0.15) is 13.2 Å². The summed E-state index contributed by atoms with van der Waals surface area (Å²) in [5.41, 5.74) is 1.03. The number of hydrogen-bond donors (Lipinski definition) is 1. The Hall–Kier alpha value is -3.71. The first-order valence-corrected chi connectivity index (χ1v) is 12.3. The molecule has 1 N–H and O–H groups in total. The number of alkyl halides is 5. The first-order chi connectivity index (χ1) is 18.4. The zero-order chi connectivity index (χ0) is 28.9. The fraction of sp³-hybridized carbons (Fsp3) is 0.520. The molecule has 14 heteroatoms. The summed E-state index contributed by atoms with van der Waals surface area (Å²) in [5, 5.41) is 2.46. The molecular formula is C25H31F5N6O3. The van der Waals surface area contributed by atoms with Gasteiger partial charge in [0, 0.05) is 37.0 Å². The Labute approximate surface area is 222 Å². The van der Waals surface area contributed by atoms with Gasteiger partial charge < -0.3 is 24.1 Å². The van der Waals surface area contributed by atoms with Gasteiger partial charge in [-0.3, -0.25) is 4.98 Å². The van der Waals surface area contributed by atoms with E-state index in [0.717, 1.165) is 6.20 Å². The lowest BCUT2D eigenvalue weighted by Crippen LogP contribution is -2.50. The van der Waals surface area contributed by atoms with Crippen molar-refractivity contribution in [3.05, 3.63) is 36.0 Å². The highest BCUT2D eigenvalue weighted by Gasteiger charge is 2.47. The van der Waals surface area contributed by atoms with E-state index in [1.807, 2.05) is 0 Å². The van der Waals surface area contributed by atoms with Crippen LogP contribution in [0.15, 0.2) is 24.7 Å². The summed E-state index contributed by atoms with van der Waals surface area (Å²) in [5.74, 6) is 0.299. The Kier molecular flexibility index (Phi) is 9.51. The SMILES string of the molecule is CC[C@H](CCC(F)F)NC(=O)N(CC)[C@@H](c1cc(-c2cn3cc(C)nc3c(OC)n2)c(OC)cn1)C(F)(F)F. The van der Waals surface area contributed by atoms with E-state index in [0.29, 0.717) is 16.2 Å². The molecule has 0 radical (unpaired) electrons. The Morgan fingerprint density at radius 3 is 2.41 bits per heavy atom. The highest BCUT2D eigenvalue weighted by Crippen LogP contribution is 2.40. The molecule has 39 heavy (non-hydrogen) atoms. The number of imidazole rings is 1. The zero-order valence-corrected chi connectivity index (χ0v) is 22.2. The van der Waals surface area contributed by atoms with Crippen LogP contribution in [0.5, 0.6) is 11.6 Å². The summed E-state index contributed by atoms with van der Waals surface area (Å²) in [6.07, 6.45) is -3.35. The average molecular weight is 559 g/mol. The molecule has 0 saturated heterocycles. The molecule has 3 heterocycles. The van der Waals surface area contributed by atoms with E-state index in [9.17, 15) is 26.7 Å². The smallest absolute Gasteiger partial charge is 0.414 e. The summed E-state index contributed by atoms with van der Waals surface area (Å²) in [7, 11) is 2.74. The topological polar surface area (TPSA) is 93.9 Å². The van der Waals surface area contributed by atoms with E-state index in [1.165, 1.54) is 27.2 Å². The Morgan fingerprint density at radius 2 is 1.85 bits per heavy atom. The third-order valence-electron chi connectivity index (χ3n) is 6.16. The molecule has 0 saturated carbocycles. The van der Waals surface area contributed by atoms with Crippen LogP contribution >= 0.6 is 0 Å². The molecule has 2 atom stereocenters. The van der Waals surface area contributed by atoms with E-state index < -0.39 is 42.8 Å². The average Bonchev–Trinajstić information content (AvgIpc) is 3.27. The number of urea groups is 1. The normalized spacial score (nSPS) is 13.4. The van der Waals surface area contributed by atoms with Crippen LogP contribution < -0.4 is 14.8 Å². The van der Waals surface area contributed by atoms with Gasteiger partial charge in [-0.05, 0) is 32.8 Å².